The number of hydrogen-bond donors (Lipinski definition) is 1. The summed E-state index contributed by atoms with van der Waals surface area (Å²) in [6.07, 6.45) is 0. The van der Waals surface area contributed by atoms with E-state index < -0.39 is 5.25 Å². The van der Waals surface area contributed by atoms with Gasteiger partial charge in [0, 0.05) is 12.6 Å². The Bertz CT molecular complexity index is 974. The van der Waals surface area contributed by atoms with E-state index in [-0.39, 0.29) is 11.7 Å². The monoisotopic (exact) mass is 387 g/mol. The van der Waals surface area contributed by atoms with Crippen molar-refractivity contribution in [2.45, 2.75) is 17.3 Å². The zero-order chi connectivity index (χ0) is 18.7. The van der Waals surface area contributed by atoms with Gasteiger partial charge in [0.2, 0.25) is 5.91 Å². The summed E-state index contributed by atoms with van der Waals surface area (Å²) >= 11 is 2.56. The molecule has 9 heteroatoms. The first-order chi connectivity index (χ1) is 12.5. The highest BCUT2D eigenvalue weighted by molar-refractivity contribution is 8.00. The van der Waals surface area contributed by atoms with E-state index in [1.165, 1.54) is 35.2 Å². The summed E-state index contributed by atoms with van der Waals surface area (Å²) in [5, 5.41) is 22.4. The van der Waals surface area contributed by atoms with Crippen LogP contribution in [0.1, 0.15) is 12.5 Å². The van der Waals surface area contributed by atoms with Gasteiger partial charge < -0.3 is 9.88 Å². The summed E-state index contributed by atoms with van der Waals surface area (Å²) in [7, 11) is 1.79. The average Bonchev–Trinajstić information content (AvgIpc) is 3.22. The van der Waals surface area contributed by atoms with Crippen molar-refractivity contribution in [3.05, 3.63) is 47.1 Å². The van der Waals surface area contributed by atoms with Gasteiger partial charge in [0.05, 0.1) is 10.8 Å². The molecule has 6 nitrogen and oxygen atoms in total. The van der Waals surface area contributed by atoms with E-state index in [1.54, 1.807) is 42.1 Å². The number of amides is 1. The molecule has 0 bridgehead atoms. The molecule has 0 aliphatic heterocycles. The molecule has 1 aromatic carbocycles. The smallest absolute Gasteiger partial charge is 0.238 e. The Morgan fingerprint density at radius 2 is 2.08 bits per heavy atom. The fourth-order valence-corrected chi connectivity index (χ4v) is 3.74. The Kier molecular flexibility index (Phi) is 5.35. The maximum Gasteiger partial charge on any atom is 0.238 e. The van der Waals surface area contributed by atoms with E-state index in [9.17, 15) is 9.18 Å². The van der Waals surface area contributed by atoms with Crippen LogP contribution < -0.4 is 5.32 Å². The Morgan fingerprint density at radius 3 is 2.77 bits per heavy atom. The van der Waals surface area contributed by atoms with Crippen molar-refractivity contribution >= 4 is 34.0 Å². The lowest BCUT2D eigenvalue weighted by Crippen LogP contribution is -2.22. The summed E-state index contributed by atoms with van der Waals surface area (Å²) in [4.78, 5) is 12.4. The van der Waals surface area contributed by atoms with Gasteiger partial charge in [-0.1, -0.05) is 11.8 Å². The molecule has 0 saturated heterocycles. The molecule has 26 heavy (non-hydrogen) atoms. The number of nitriles is 1. The zero-order valence-electron chi connectivity index (χ0n) is 13.9. The van der Waals surface area contributed by atoms with Crippen molar-refractivity contribution in [3.8, 4) is 17.5 Å². The quantitative estimate of drug-likeness (QED) is 0.675. The fourth-order valence-electron chi connectivity index (χ4n) is 2.19. The predicted octanol–water partition coefficient (Wildman–Crippen LogP) is 3.67. The highest BCUT2D eigenvalue weighted by Crippen LogP contribution is 2.28. The van der Waals surface area contributed by atoms with Gasteiger partial charge in [-0.3, -0.25) is 4.79 Å². The third kappa shape index (κ3) is 3.76. The number of carbonyl (C=O) groups is 1. The normalized spacial score (nSPS) is 11.8. The minimum atomic E-state index is -0.437. The second kappa shape index (κ2) is 7.68. The molecular weight excluding hydrogens is 373 g/mol. The number of hydrogen-bond acceptors (Lipinski definition) is 6. The highest BCUT2D eigenvalue weighted by atomic mass is 32.2. The average molecular weight is 387 g/mol. The molecule has 0 fully saturated rings. The molecular formula is C17H14FN5OS2. The second-order valence-corrected chi connectivity index (χ2v) is 7.62. The fraction of sp³-hybridized carbons (Fsp3) is 0.176. The van der Waals surface area contributed by atoms with Crippen LogP contribution in [0.2, 0.25) is 0 Å². The molecule has 0 aliphatic carbocycles. The Labute approximate surface area is 157 Å². The van der Waals surface area contributed by atoms with Crippen LogP contribution in [0, 0.1) is 17.1 Å². The minimum absolute atomic E-state index is 0.222. The molecule has 2 aromatic heterocycles. The molecule has 0 spiro atoms. The van der Waals surface area contributed by atoms with Gasteiger partial charge >= 0.3 is 0 Å². The van der Waals surface area contributed by atoms with Crippen LogP contribution in [0.5, 0.6) is 0 Å². The molecule has 2 heterocycles. The van der Waals surface area contributed by atoms with E-state index in [1.807, 2.05) is 6.07 Å². The standard InChI is InChI=1S/C17H14FN5OS2/c1-10(15(24)20-16-12(9-19)7-8-25-16)26-17-22-21-14(23(17)2)11-3-5-13(18)6-4-11/h3-8,10H,1-2H3,(H,20,24)/t10-/m0/s1. The van der Waals surface area contributed by atoms with Crippen LogP contribution in [-0.2, 0) is 11.8 Å². The molecule has 1 N–H and O–H groups in total. The largest absolute Gasteiger partial charge is 0.316 e. The molecule has 0 aliphatic rings. The van der Waals surface area contributed by atoms with Crippen molar-refractivity contribution in [1.29, 1.82) is 5.26 Å². The third-order valence-electron chi connectivity index (χ3n) is 3.61. The third-order valence-corrected chi connectivity index (χ3v) is 5.57. The molecule has 0 unspecified atom stereocenters. The summed E-state index contributed by atoms with van der Waals surface area (Å²) in [6, 6.07) is 9.68. The summed E-state index contributed by atoms with van der Waals surface area (Å²) in [5.74, 6) is 0.0477. The van der Waals surface area contributed by atoms with Gasteiger partial charge in [-0.2, -0.15) is 5.26 Å². The van der Waals surface area contributed by atoms with E-state index in [0.717, 1.165) is 5.56 Å². The van der Waals surface area contributed by atoms with Gasteiger partial charge in [-0.05, 0) is 42.6 Å². The predicted molar refractivity (Wildman–Crippen MR) is 99.4 cm³/mol. The summed E-state index contributed by atoms with van der Waals surface area (Å²) < 4.78 is 14.8. The number of aromatic nitrogens is 3. The lowest BCUT2D eigenvalue weighted by molar-refractivity contribution is -0.115. The second-order valence-electron chi connectivity index (χ2n) is 5.40. The van der Waals surface area contributed by atoms with Crippen molar-refractivity contribution in [1.82, 2.24) is 14.8 Å². The number of halogens is 1. The first kappa shape index (κ1) is 18.1. The van der Waals surface area contributed by atoms with Crippen LogP contribution in [0.15, 0.2) is 40.9 Å². The molecule has 0 radical (unpaired) electrons. The van der Waals surface area contributed by atoms with Gasteiger partial charge in [0.25, 0.3) is 0 Å². The van der Waals surface area contributed by atoms with Crippen LogP contribution in [0.25, 0.3) is 11.4 Å². The van der Waals surface area contributed by atoms with Crippen molar-refractivity contribution in [2.24, 2.45) is 7.05 Å². The van der Waals surface area contributed by atoms with Crippen LogP contribution >= 0.6 is 23.1 Å². The molecule has 0 saturated carbocycles. The molecule has 3 rings (SSSR count). The molecule has 132 valence electrons. The molecule has 1 atom stereocenters. The van der Waals surface area contributed by atoms with Gasteiger partial charge in [-0.25, -0.2) is 4.39 Å². The van der Waals surface area contributed by atoms with Crippen LogP contribution in [0.4, 0.5) is 9.39 Å². The highest BCUT2D eigenvalue weighted by Gasteiger charge is 2.20. The van der Waals surface area contributed by atoms with Crippen molar-refractivity contribution in [3.63, 3.8) is 0 Å². The Hall–Kier alpha value is -2.70. The van der Waals surface area contributed by atoms with Gasteiger partial charge in [0.1, 0.15) is 16.9 Å². The first-order valence-electron chi connectivity index (χ1n) is 7.60. The van der Waals surface area contributed by atoms with Crippen molar-refractivity contribution in [2.75, 3.05) is 5.32 Å². The maximum atomic E-state index is 13.1. The number of anilines is 1. The lowest BCUT2D eigenvalue weighted by atomic mass is 10.2. The molecule has 1 amide bonds. The topological polar surface area (TPSA) is 83.6 Å². The first-order valence-corrected chi connectivity index (χ1v) is 9.36. The SMILES string of the molecule is C[C@H](Sc1nnc(-c2ccc(F)cc2)n1C)C(=O)Nc1sccc1C#N. The van der Waals surface area contributed by atoms with E-state index in [0.29, 0.717) is 21.5 Å². The Morgan fingerprint density at radius 1 is 1.35 bits per heavy atom. The number of thioether (sulfide) groups is 1. The number of nitrogens with one attached hydrogen (secondary N) is 1. The maximum absolute atomic E-state index is 13.1. The number of benzene rings is 1. The van der Waals surface area contributed by atoms with Crippen molar-refractivity contribution < 1.29 is 9.18 Å². The number of nitrogens with zero attached hydrogens (tertiary/aromatic N) is 4. The summed E-state index contributed by atoms with van der Waals surface area (Å²) in [5.41, 5.74) is 1.18. The van der Waals surface area contributed by atoms with E-state index >= 15 is 0 Å². The Balaban J connectivity index is 1.72. The van der Waals surface area contributed by atoms with Crippen LogP contribution in [-0.4, -0.2) is 25.9 Å². The van der Waals surface area contributed by atoms with E-state index in [2.05, 4.69) is 15.5 Å². The summed E-state index contributed by atoms with van der Waals surface area (Å²) in [6.45, 7) is 1.76. The molecule has 3 aromatic rings. The minimum Gasteiger partial charge on any atom is -0.316 e. The van der Waals surface area contributed by atoms with E-state index in [4.69, 9.17) is 5.26 Å². The number of thiophene rings is 1. The number of rotatable bonds is 5. The van der Waals surface area contributed by atoms with Gasteiger partial charge in [0.15, 0.2) is 11.0 Å². The lowest BCUT2D eigenvalue weighted by Gasteiger charge is -2.11. The zero-order valence-corrected chi connectivity index (χ0v) is 15.6. The van der Waals surface area contributed by atoms with Crippen LogP contribution in [0.3, 0.4) is 0 Å². The van der Waals surface area contributed by atoms with Gasteiger partial charge in [-0.15, -0.1) is 21.5 Å². The number of carbonyl (C=O) groups excluding carboxylic acids is 1.